The van der Waals surface area contributed by atoms with E-state index in [0.29, 0.717) is 24.4 Å². The van der Waals surface area contributed by atoms with Gasteiger partial charge in [0, 0.05) is 5.57 Å². The maximum atomic E-state index is 12.0. The summed E-state index contributed by atoms with van der Waals surface area (Å²) in [5, 5.41) is 10.1. The minimum Gasteiger partial charge on any atom is -0.275 e. The third-order valence-electron chi connectivity index (χ3n) is 2.43. The normalized spacial score (nSPS) is 9.89. The topological polar surface area (TPSA) is 62.1 Å². The standard InChI is InChI=1S/C12H17N4O2/c1-10(2)12(17)16-11(6-9-14(16)3)15(18-4)8-5-7-13/h6,9H,1,5,8H2,2-4H3/q+1. The Kier molecular flexibility index (Phi) is 4.63. The van der Waals surface area contributed by atoms with Gasteiger partial charge in [0.2, 0.25) is 5.82 Å². The SMILES string of the molecule is C=C(C)C(=O)n1c(N(CCC#N)OC)cc[n+]1C. The summed E-state index contributed by atoms with van der Waals surface area (Å²) in [7, 11) is 3.25. The number of hydrogen-bond donors (Lipinski definition) is 0. The highest BCUT2D eigenvalue weighted by Crippen LogP contribution is 2.14. The Morgan fingerprint density at radius 1 is 1.72 bits per heavy atom. The van der Waals surface area contributed by atoms with E-state index in [1.165, 1.54) is 16.9 Å². The Balaban J connectivity index is 3.13. The molecule has 0 unspecified atom stereocenters. The molecule has 18 heavy (non-hydrogen) atoms. The van der Waals surface area contributed by atoms with Crippen LogP contribution in [0.3, 0.4) is 0 Å². The van der Waals surface area contributed by atoms with E-state index in [2.05, 4.69) is 6.58 Å². The molecule has 0 N–H and O–H groups in total. The number of nitrogens with zero attached hydrogens (tertiary/aromatic N) is 4. The molecule has 1 heterocycles. The fourth-order valence-corrected chi connectivity index (χ4v) is 1.54. The van der Waals surface area contributed by atoms with E-state index < -0.39 is 0 Å². The van der Waals surface area contributed by atoms with E-state index in [-0.39, 0.29) is 5.91 Å². The molecular weight excluding hydrogens is 232 g/mol. The summed E-state index contributed by atoms with van der Waals surface area (Å²) in [5.74, 6) is 0.361. The van der Waals surface area contributed by atoms with Crippen molar-refractivity contribution in [1.82, 2.24) is 4.68 Å². The Morgan fingerprint density at radius 2 is 2.39 bits per heavy atom. The van der Waals surface area contributed by atoms with E-state index in [9.17, 15) is 4.79 Å². The predicted molar refractivity (Wildman–Crippen MR) is 65.6 cm³/mol. The molecule has 6 heteroatoms. The van der Waals surface area contributed by atoms with Crippen LogP contribution < -0.4 is 9.75 Å². The minimum absolute atomic E-state index is 0.212. The van der Waals surface area contributed by atoms with Gasteiger partial charge in [0.05, 0.1) is 32.2 Å². The fraction of sp³-hybridized carbons (Fsp3) is 0.417. The lowest BCUT2D eigenvalue weighted by atomic mass is 10.3. The maximum Gasteiger partial charge on any atom is 0.310 e. The molecule has 1 aromatic rings. The summed E-state index contributed by atoms with van der Waals surface area (Å²) in [4.78, 5) is 17.2. The molecule has 0 spiro atoms. The molecule has 0 radical (unpaired) electrons. The van der Waals surface area contributed by atoms with Crippen molar-refractivity contribution in [2.75, 3.05) is 18.7 Å². The van der Waals surface area contributed by atoms with Gasteiger partial charge in [-0.25, -0.2) is 5.06 Å². The molecule has 0 aliphatic heterocycles. The quantitative estimate of drug-likeness (QED) is 0.440. The molecule has 0 aliphatic rings. The lowest BCUT2D eigenvalue weighted by Crippen LogP contribution is -2.44. The Labute approximate surface area is 106 Å². The summed E-state index contributed by atoms with van der Waals surface area (Å²) in [6.07, 6.45) is 2.05. The van der Waals surface area contributed by atoms with Crippen molar-refractivity contribution in [2.24, 2.45) is 7.05 Å². The molecule has 0 saturated heterocycles. The van der Waals surface area contributed by atoms with Gasteiger partial charge in [-0.2, -0.15) is 5.26 Å². The van der Waals surface area contributed by atoms with E-state index >= 15 is 0 Å². The molecular formula is C12H17N4O2+. The van der Waals surface area contributed by atoms with Crippen LogP contribution in [-0.4, -0.2) is 24.2 Å². The van der Waals surface area contributed by atoms with E-state index in [1.807, 2.05) is 6.07 Å². The molecule has 1 aromatic heterocycles. The van der Waals surface area contributed by atoms with Crippen molar-refractivity contribution >= 4 is 11.7 Å². The minimum atomic E-state index is -0.212. The zero-order valence-corrected chi connectivity index (χ0v) is 10.9. The van der Waals surface area contributed by atoms with Gasteiger partial charge >= 0.3 is 5.91 Å². The summed E-state index contributed by atoms with van der Waals surface area (Å²) >= 11 is 0. The number of allylic oxidation sites excluding steroid dienone is 1. The van der Waals surface area contributed by atoms with Crippen LogP contribution in [-0.2, 0) is 11.9 Å². The van der Waals surface area contributed by atoms with E-state index in [4.69, 9.17) is 10.1 Å². The van der Waals surface area contributed by atoms with Gasteiger partial charge < -0.3 is 0 Å². The highest BCUT2D eigenvalue weighted by Gasteiger charge is 2.24. The highest BCUT2D eigenvalue weighted by molar-refractivity contribution is 5.94. The summed E-state index contributed by atoms with van der Waals surface area (Å²) < 4.78 is 3.09. The van der Waals surface area contributed by atoms with Gasteiger partial charge in [0.15, 0.2) is 13.2 Å². The molecule has 0 aliphatic carbocycles. The lowest BCUT2D eigenvalue weighted by Gasteiger charge is -2.18. The van der Waals surface area contributed by atoms with E-state index in [1.54, 1.807) is 30.9 Å². The molecule has 1 rings (SSSR count). The second kappa shape index (κ2) is 5.98. The number of anilines is 1. The average Bonchev–Trinajstić information content (AvgIpc) is 2.71. The van der Waals surface area contributed by atoms with Gasteiger partial charge in [-0.05, 0) is 6.92 Å². The molecule has 6 nitrogen and oxygen atoms in total. The van der Waals surface area contributed by atoms with Gasteiger partial charge in [0.1, 0.15) is 0 Å². The number of aryl methyl sites for hydroxylation is 1. The zero-order chi connectivity index (χ0) is 13.7. The number of carbonyl (C=O) groups excluding carboxylic acids is 1. The molecule has 0 bridgehead atoms. The third kappa shape index (κ3) is 2.76. The lowest BCUT2D eigenvalue weighted by molar-refractivity contribution is -0.741. The van der Waals surface area contributed by atoms with Gasteiger partial charge in [-0.15, -0.1) is 4.68 Å². The Bertz CT molecular complexity index is 499. The monoisotopic (exact) mass is 249 g/mol. The van der Waals surface area contributed by atoms with Crippen LogP contribution in [0.5, 0.6) is 0 Å². The maximum absolute atomic E-state index is 12.0. The van der Waals surface area contributed by atoms with Crippen molar-refractivity contribution in [3.63, 3.8) is 0 Å². The molecule has 0 saturated carbocycles. The zero-order valence-electron chi connectivity index (χ0n) is 10.9. The Morgan fingerprint density at radius 3 is 2.89 bits per heavy atom. The van der Waals surface area contributed by atoms with Crippen molar-refractivity contribution in [1.29, 1.82) is 5.26 Å². The number of rotatable bonds is 5. The van der Waals surface area contributed by atoms with Crippen LogP contribution in [0.25, 0.3) is 0 Å². The van der Waals surface area contributed by atoms with Crippen LogP contribution in [0.15, 0.2) is 24.4 Å². The first kappa shape index (κ1) is 13.9. The van der Waals surface area contributed by atoms with Gasteiger partial charge in [0.25, 0.3) is 0 Å². The molecule has 0 aromatic carbocycles. The van der Waals surface area contributed by atoms with Crippen molar-refractivity contribution in [2.45, 2.75) is 13.3 Å². The predicted octanol–water partition coefficient (Wildman–Crippen LogP) is 0.810. The number of nitriles is 1. The first-order valence-corrected chi connectivity index (χ1v) is 5.49. The number of hydrogen-bond acceptors (Lipinski definition) is 4. The fourth-order valence-electron chi connectivity index (χ4n) is 1.54. The molecule has 96 valence electrons. The number of carbonyl (C=O) groups is 1. The number of hydroxylamine groups is 1. The van der Waals surface area contributed by atoms with Crippen molar-refractivity contribution in [3.8, 4) is 6.07 Å². The van der Waals surface area contributed by atoms with Gasteiger partial charge in [-0.1, -0.05) is 11.3 Å². The van der Waals surface area contributed by atoms with Crippen molar-refractivity contribution < 1.29 is 14.3 Å². The highest BCUT2D eigenvalue weighted by atomic mass is 16.7. The van der Waals surface area contributed by atoms with Crippen LogP contribution in [0.1, 0.15) is 18.1 Å². The Hall–Kier alpha value is -2.13. The van der Waals surface area contributed by atoms with Crippen molar-refractivity contribution in [3.05, 3.63) is 24.4 Å². The van der Waals surface area contributed by atoms with Crippen LogP contribution in [0, 0.1) is 11.3 Å². The second-order valence-corrected chi connectivity index (χ2v) is 3.84. The third-order valence-corrected chi connectivity index (χ3v) is 2.43. The smallest absolute Gasteiger partial charge is 0.275 e. The molecule has 0 amide bonds. The largest absolute Gasteiger partial charge is 0.310 e. The van der Waals surface area contributed by atoms with Gasteiger partial charge in [-0.3, -0.25) is 9.63 Å². The number of aromatic nitrogens is 2. The van der Waals surface area contributed by atoms with E-state index in [0.717, 1.165) is 0 Å². The average molecular weight is 249 g/mol. The van der Waals surface area contributed by atoms with Crippen LogP contribution in [0.4, 0.5) is 5.82 Å². The molecule has 0 fully saturated rings. The summed E-state index contributed by atoms with van der Waals surface area (Å²) in [5.41, 5.74) is 0.430. The first-order valence-electron chi connectivity index (χ1n) is 5.49. The first-order chi connectivity index (χ1) is 8.52. The molecule has 0 atom stereocenters. The summed E-state index contributed by atoms with van der Waals surface area (Å²) in [6, 6.07) is 3.79. The van der Waals surface area contributed by atoms with Crippen LogP contribution in [0.2, 0.25) is 0 Å². The second-order valence-electron chi connectivity index (χ2n) is 3.84. The van der Waals surface area contributed by atoms with Crippen LogP contribution >= 0.6 is 0 Å². The summed E-state index contributed by atoms with van der Waals surface area (Å²) in [6.45, 7) is 5.69.